The Bertz CT molecular complexity index is 591. The number of carboxylic acid groups (broad SMARTS) is 1. The van der Waals surface area contributed by atoms with Gasteiger partial charge in [0.15, 0.2) is 0 Å². The van der Waals surface area contributed by atoms with E-state index >= 15 is 0 Å². The molecule has 9 nitrogen and oxygen atoms in total. The van der Waals surface area contributed by atoms with Gasteiger partial charge in [0.2, 0.25) is 17.7 Å². The minimum atomic E-state index is -1.21. The zero-order valence-corrected chi connectivity index (χ0v) is 20.0. The fourth-order valence-electron chi connectivity index (χ4n) is 2.56. The van der Waals surface area contributed by atoms with Gasteiger partial charge in [0.25, 0.3) is 0 Å². The second kappa shape index (κ2) is 14.5. The molecule has 3 amide bonds. The van der Waals surface area contributed by atoms with E-state index in [0.29, 0.717) is 12.8 Å². The third kappa shape index (κ3) is 9.57. The molecule has 0 bridgehead atoms. The molecule has 5 unspecified atom stereocenters. The van der Waals surface area contributed by atoms with E-state index in [1.165, 1.54) is 0 Å². The first-order valence-corrected chi connectivity index (χ1v) is 12.0. The molecule has 0 radical (unpaired) electrons. The SMILES string of the molecule is CCC(C)C(NC(=O)C(NC(=O)C(N)CCSC)C(C)C)C(=O)NC(CS)C(=O)O. The van der Waals surface area contributed by atoms with Crippen LogP contribution < -0.4 is 21.7 Å². The summed E-state index contributed by atoms with van der Waals surface area (Å²) in [6, 6.07) is -3.73. The Morgan fingerprint density at radius 1 is 1.00 bits per heavy atom. The van der Waals surface area contributed by atoms with Crippen molar-refractivity contribution in [2.24, 2.45) is 17.6 Å². The molecule has 0 saturated carbocycles. The molecule has 174 valence electrons. The quantitative estimate of drug-likeness (QED) is 0.202. The average molecular weight is 465 g/mol. The Hall–Kier alpha value is -1.46. The number of nitrogens with two attached hydrogens (primary N) is 1. The van der Waals surface area contributed by atoms with Gasteiger partial charge in [-0.15, -0.1) is 0 Å². The molecule has 6 N–H and O–H groups in total. The summed E-state index contributed by atoms with van der Waals surface area (Å²) in [5.41, 5.74) is 5.89. The third-order valence-electron chi connectivity index (χ3n) is 4.81. The number of thioether (sulfide) groups is 1. The van der Waals surface area contributed by atoms with Crippen LogP contribution in [0.1, 0.15) is 40.5 Å². The van der Waals surface area contributed by atoms with Gasteiger partial charge in [-0.2, -0.15) is 24.4 Å². The van der Waals surface area contributed by atoms with Gasteiger partial charge in [-0.05, 0) is 30.3 Å². The molecule has 0 heterocycles. The fourth-order valence-corrected chi connectivity index (χ4v) is 3.30. The summed E-state index contributed by atoms with van der Waals surface area (Å²) < 4.78 is 0. The maximum absolute atomic E-state index is 12.9. The summed E-state index contributed by atoms with van der Waals surface area (Å²) >= 11 is 5.51. The molecule has 0 aliphatic heterocycles. The molecule has 0 fully saturated rings. The summed E-state index contributed by atoms with van der Waals surface area (Å²) in [5.74, 6) is -2.62. The van der Waals surface area contributed by atoms with E-state index in [0.717, 1.165) is 5.75 Å². The van der Waals surface area contributed by atoms with Crippen LogP contribution in [-0.4, -0.2) is 70.7 Å². The van der Waals surface area contributed by atoms with Crippen LogP contribution in [0, 0.1) is 11.8 Å². The topological polar surface area (TPSA) is 151 Å². The molecule has 0 aliphatic carbocycles. The molecule has 0 aromatic heterocycles. The van der Waals surface area contributed by atoms with Crippen molar-refractivity contribution in [1.29, 1.82) is 0 Å². The lowest BCUT2D eigenvalue weighted by atomic mass is 9.96. The highest BCUT2D eigenvalue weighted by molar-refractivity contribution is 7.98. The molecule has 0 aliphatic rings. The van der Waals surface area contributed by atoms with Gasteiger partial charge in [-0.3, -0.25) is 14.4 Å². The van der Waals surface area contributed by atoms with Gasteiger partial charge in [-0.1, -0.05) is 34.1 Å². The van der Waals surface area contributed by atoms with Gasteiger partial charge in [0, 0.05) is 5.75 Å². The standard InChI is InChI=1S/C19H36N4O5S2/c1-6-11(4)15(18(26)21-13(9-29)19(27)28)23-17(25)14(10(2)3)22-16(24)12(20)7-8-30-5/h10-15,29H,6-9,20H2,1-5H3,(H,21,26)(H,22,24)(H,23,25)(H,27,28). The minimum absolute atomic E-state index is 0.0825. The van der Waals surface area contributed by atoms with Crippen LogP contribution in [0.15, 0.2) is 0 Å². The van der Waals surface area contributed by atoms with Crippen molar-refractivity contribution >= 4 is 48.1 Å². The predicted octanol–water partition coefficient (Wildman–Crippen LogP) is 0.238. The molecule has 30 heavy (non-hydrogen) atoms. The summed E-state index contributed by atoms with van der Waals surface area (Å²) in [6.07, 6.45) is 2.98. The lowest BCUT2D eigenvalue weighted by Gasteiger charge is -2.29. The zero-order chi connectivity index (χ0) is 23.4. The molecule has 0 aromatic rings. The first-order valence-electron chi connectivity index (χ1n) is 9.99. The molecule has 5 atom stereocenters. The normalized spacial score (nSPS) is 16.1. The number of aliphatic carboxylic acids is 1. The summed E-state index contributed by atoms with van der Waals surface area (Å²) in [6.45, 7) is 7.19. The average Bonchev–Trinajstić information content (AvgIpc) is 2.70. The molecule has 11 heteroatoms. The summed E-state index contributed by atoms with van der Waals surface area (Å²) in [4.78, 5) is 49.1. The number of hydrogen-bond donors (Lipinski definition) is 6. The lowest BCUT2D eigenvalue weighted by Crippen LogP contribution is -2.60. The largest absolute Gasteiger partial charge is 0.480 e. The van der Waals surface area contributed by atoms with Crippen molar-refractivity contribution in [2.45, 2.75) is 64.7 Å². The molecular formula is C19H36N4O5S2. The second-order valence-corrected chi connectivity index (χ2v) is 8.92. The van der Waals surface area contributed by atoms with E-state index in [4.69, 9.17) is 10.8 Å². The summed E-state index contributed by atoms with van der Waals surface area (Å²) in [5, 5.41) is 16.9. The minimum Gasteiger partial charge on any atom is -0.480 e. The second-order valence-electron chi connectivity index (χ2n) is 7.57. The van der Waals surface area contributed by atoms with Crippen LogP contribution in [0.3, 0.4) is 0 Å². The zero-order valence-electron chi connectivity index (χ0n) is 18.3. The highest BCUT2D eigenvalue weighted by Gasteiger charge is 2.33. The number of rotatable bonds is 14. The molecular weight excluding hydrogens is 428 g/mol. The van der Waals surface area contributed by atoms with Crippen LogP contribution >= 0.6 is 24.4 Å². The number of carbonyl (C=O) groups excluding carboxylic acids is 3. The van der Waals surface area contributed by atoms with Gasteiger partial charge in [-0.25, -0.2) is 4.79 Å². The van der Waals surface area contributed by atoms with Crippen molar-refractivity contribution < 1.29 is 24.3 Å². The van der Waals surface area contributed by atoms with Crippen LogP contribution in [0.2, 0.25) is 0 Å². The Labute approximate surface area is 188 Å². The number of hydrogen-bond acceptors (Lipinski definition) is 7. The van der Waals surface area contributed by atoms with Crippen LogP contribution in [-0.2, 0) is 19.2 Å². The van der Waals surface area contributed by atoms with Gasteiger partial charge >= 0.3 is 5.97 Å². The van der Waals surface area contributed by atoms with Crippen molar-refractivity contribution in [1.82, 2.24) is 16.0 Å². The first-order chi connectivity index (χ1) is 14.0. The van der Waals surface area contributed by atoms with Gasteiger partial charge < -0.3 is 26.8 Å². The number of nitrogens with one attached hydrogen (secondary N) is 3. The highest BCUT2D eigenvalue weighted by atomic mass is 32.2. The van der Waals surface area contributed by atoms with E-state index in [2.05, 4.69) is 28.6 Å². The van der Waals surface area contributed by atoms with Crippen molar-refractivity contribution in [3.05, 3.63) is 0 Å². The van der Waals surface area contributed by atoms with Gasteiger partial charge in [0.05, 0.1) is 6.04 Å². The van der Waals surface area contributed by atoms with E-state index in [1.54, 1.807) is 32.5 Å². The molecule has 0 rings (SSSR count). The summed E-state index contributed by atoms with van der Waals surface area (Å²) in [7, 11) is 0. The molecule has 0 spiro atoms. The number of carboxylic acids is 1. The van der Waals surface area contributed by atoms with Crippen molar-refractivity contribution in [2.75, 3.05) is 17.8 Å². The van der Waals surface area contributed by atoms with Crippen molar-refractivity contribution in [3.8, 4) is 0 Å². The third-order valence-corrected chi connectivity index (χ3v) is 5.82. The Balaban J connectivity index is 5.34. The highest BCUT2D eigenvalue weighted by Crippen LogP contribution is 2.11. The van der Waals surface area contributed by atoms with E-state index in [1.807, 2.05) is 13.2 Å². The van der Waals surface area contributed by atoms with Crippen LogP contribution in [0.5, 0.6) is 0 Å². The van der Waals surface area contributed by atoms with Crippen LogP contribution in [0.25, 0.3) is 0 Å². The Morgan fingerprint density at radius 3 is 1.97 bits per heavy atom. The van der Waals surface area contributed by atoms with Crippen LogP contribution in [0.4, 0.5) is 0 Å². The van der Waals surface area contributed by atoms with E-state index in [-0.39, 0.29) is 17.6 Å². The molecule has 0 saturated heterocycles. The Morgan fingerprint density at radius 2 is 1.53 bits per heavy atom. The number of carbonyl (C=O) groups is 4. The number of amides is 3. The van der Waals surface area contributed by atoms with E-state index in [9.17, 15) is 19.2 Å². The monoisotopic (exact) mass is 464 g/mol. The van der Waals surface area contributed by atoms with Gasteiger partial charge in [0.1, 0.15) is 18.1 Å². The maximum atomic E-state index is 12.9. The first kappa shape index (κ1) is 28.5. The predicted molar refractivity (Wildman–Crippen MR) is 123 cm³/mol. The number of thiol groups is 1. The smallest absolute Gasteiger partial charge is 0.327 e. The van der Waals surface area contributed by atoms with E-state index < -0.39 is 47.9 Å². The molecule has 0 aromatic carbocycles. The Kier molecular flexibility index (Phi) is 13.8. The van der Waals surface area contributed by atoms with Crippen molar-refractivity contribution in [3.63, 3.8) is 0 Å². The lowest BCUT2D eigenvalue weighted by molar-refractivity contribution is -0.142. The fraction of sp³-hybridized carbons (Fsp3) is 0.789. The maximum Gasteiger partial charge on any atom is 0.327 e.